The molecule has 0 amide bonds. The van der Waals surface area contributed by atoms with Crippen molar-refractivity contribution < 1.29 is 9.53 Å². The summed E-state index contributed by atoms with van der Waals surface area (Å²) in [5, 5.41) is 10.9. The minimum Gasteiger partial charge on any atom is -0.426 e. The molecular weight excluding hydrogens is 232 g/mol. The predicted molar refractivity (Wildman–Crippen MR) is 62.1 cm³/mol. The second-order valence-electron chi connectivity index (χ2n) is 4.30. The number of hydrogen-bond acceptors (Lipinski definition) is 5. The Hall–Kier alpha value is -2.24. The molecule has 1 saturated carbocycles. The van der Waals surface area contributed by atoms with Gasteiger partial charge in [0.15, 0.2) is 0 Å². The molecule has 18 heavy (non-hydrogen) atoms. The number of hydrogen-bond donors (Lipinski definition) is 0. The fourth-order valence-corrected chi connectivity index (χ4v) is 1.79. The molecule has 1 aromatic carbocycles. The van der Waals surface area contributed by atoms with Crippen molar-refractivity contribution in [3.63, 3.8) is 0 Å². The molecule has 0 N–H and O–H groups in total. The highest BCUT2D eigenvalue weighted by molar-refractivity contribution is 5.75. The Morgan fingerprint density at radius 1 is 1.28 bits per heavy atom. The lowest BCUT2D eigenvalue weighted by Gasteiger charge is -2.22. The molecule has 2 aromatic rings. The van der Waals surface area contributed by atoms with Crippen molar-refractivity contribution in [3.8, 4) is 11.4 Å². The number of ether oxygens (including phenoxy) is 1. The molecule has 0 atom stereocenters. The van der Waals surface area contributed by atoms with Crippen LogP contribution in [0.4, 0.5) is 0 Å². The summed E-state index contributed by atoms with van der Waals surface area (Å²) in [4.78, 5) is 11.6. The van der Waals surface area contributed by atoms with E-state index >= 15 is 0 Å². The first-order chi connectivity index (χ1) is 8.83. The minimum atomic E-state index is -0.128. The summed E-state index contributed by atoms with van der Waals surface area (Å²) >= 11 is 0. The summed E-state index contributed by atoms with van der Waals surface area (Å²) in [5.74, 6) is 0.518. The summed E-state index contributed by atoms with van der Waals surface area (Å²) in [6.45, 7) is 0. The first kappa shape index (κ1) is 10.9. The summed E-state index contributed by atoms with van der Waals surface area (Å²) < 4.78 is 6.83. The van der Waals surface area contributed by atoms with E-state index in [4.69, 9.17) is 4.74 Å². The first-order valence-electron chi connectivity index (χ1n) is 5.88. The van der Waals surface area contributed by atoms with Crippen LogP contribution in [-0.4, -0.2) is 26.2 Å². The van der Waals surface area contributed by atoms with Crippen LogP contribution in [0.25, 0.3) is 5.69 Å². The van der Waals surface area contributed by atoms with Gasteiger partial charge in [0.05, 0.1) is 11.6 Å². The van der Waals surface area contributed by atoms with Crippen LogP contribution in [0, 0.1) is 5.92 Å². The lowest BCUT2D eigenvalue weighted by molar-refractivity contribution is -0.141. The number of aromatic nitrogens is 4. The van der Waals surface area contributed by atoms with Crippen molar-refractivity contribution in [2.45, 2.75) is 19.3 Å². The van der Waals surface area contributed by atoms with E-state index in [1.54, 1.807) is 24.3 Å². The standard InChI is InChI=1S/C12H12N4O2/c17-12(9-2-1-3-9)18-11-6-4-10(5-7-11)16-8-13-14-15-16/h4-9H,1-3H2. The number of esters is 1. The summed E-state index contributed by atoms with van der Waals surface area (Å²) in [6, 6.07) is 7.10. The quantitative estimate of drug-likeness (QED) is 0.602. The van der Waals surface area contributed by atoms with Crippen LogP contribution in [0.1, 0.15) is 19.3 Å². The molecule has 1 aromatic heterocycles. The molecule has 0 aliphatic heterocycles. The molecule has 0 spiro atoms. The fourth-order valence-electron chi connectivity index (χ4n) is 1.79. The second kappa shape index (κ2) is 4.56. The van der Waals surface area contributed by atoms with Gasteiger partial charge in [-0.15, -0.1) is 5.10 Å². The van der Waals surface area contributed by atoms with Crippen molar-refractivity contribution in [2.24, 2.45) is 5.92 Å². The van der Waals surface area contributed by atoms with Crippen LogP contribution < -0.4 is 4.74 Å². The van der Waals surface area contributed by atoms with E-state index in [2.05, 4.69) is 15.5 Å². The van der Waals surface area contributed by atoms with Gasteiger partial charge in [0, 0.05) is 0 Å². The van der Waals surface area contributed by atoms with Crippen LogP contribution in [-0.2, 0) is 4.79 Å². The number of carbonyl (C=O) groups is 1. The molecule has 0 unspecified atom stereocenters. The number of nitrogens with zero attached hydrogens (tertiary/aromatic N) is 4. The Kier molecular flexibility index (Phi) is 2.76. The molecule has 92 valence electrons. The van der Waals surface area contributed by atoms with E-state index < -0.39 is 0 Å². The van der Waals surface area contributed by atoms with Gasteiger partial charge >= 0.3 is 5.97 Å². The van der Waals surface area contributed by atoms with Gasteiger partial charge in [-0.2, -0.15) is 0 Å². The van der Waals surface area contributed by atoms with E-state index in [9.17, 15) is 4.79 Å². The SMILES string of the molecule is O=C(Oc1ccc(-n2cnnn2)cc1)C1CCC1. The highest BCUT2D eigenvalue weighted by Crippen LogP contribution is 2.28. The van der Waals surface area contributed by atoms with Crippen LogP contribution >= 0.6 is 0 Å². The zero-order valence-electron chi connectivity index (χ0n) is 9.69. The number of benzene rings is 1. The third kappa shape index (κ3) is 2.09. The van der Waals surface area contributed by atoms with Crippen LogP contribution in [0.5, 0.6) is 5.75 Å². The van der Waals surface area contributed by atoms with E-state index in [0.717, 1.165) is 24.9 Å². The lowest BCUT2D eigenvalue weighted by atomic mass is 9.86. The topological polar surface area (TPSA) is 69.9 Å². The molecule has 6 heteroatoms. The Bertz CT molecular complexity index is 532. The highest BCUT2D eigenvalue weighted by Gasteiger charge is 2.26. The summed E-state index contributed by atoms with van der Waals surface area (Å²) in [6.07, 6.45) is 4.52. The molecule has 3 rings (SSSR count). The maximum Gasteiger partial charge on any atom is 0.314 e. The van der Waals surface area contributed by atoms with Crippen LogP contribution in [0.2, 0.25) is 0 Å². The summed E-state index contributed by atoms with van der Waals surface area (Å²) in [5.41, 5.74) is 0.823. The molecule has 1 aliphatic carbocycles. The van der Waals surface area contributed by atoms with E-state index in [-0.39, 0.29) is 11.9 Å². The van der Waals surface area contributed by atoms with Gasteiger partial charge in [-0.05, 0) is 47.5 Å². The average Bonchev–Trinajstić information content (AvgIpc) is 2.81. The van der Waals surface area contributed by atoms with Gasteiger partial charge in [0.25, 0.3) is 0 Å². The van der Waals surface area contributed by atoms with Gasteiger partial charge in [-0.25, -0.2) is 4.68 Å². The smallest absolute Gasteiger partial charge is 0.314 e. The molecule has 0 bridgehead atoms. The second-order valence-corrected chi connectivity index (χ2v) is 4.30. The van der Waals surface area contributed by atoms with Crippen molar-refractivity contribution in [2.75, 3.05) is 0 Å². The number of rotatable bonds is 3. The molecule has 1 fully saturated rings. The molecule has 1 aliphatic rings. The molecular formula is C12H12N4O2. The van der Waals surface area contributed by atoms with E-state index in [1.165, 1.54) is 11.0 Å². The number of carbonyl (C=O) groups excluding carboxylic acids is 1. The monoisotopic (exact) mass is 244 g/mol. The highest BCUT2D eigenvalue weighted by atomic mass is 16.5. The predicted octanol–water partition coefficient (Wildman–Crippen LogP) is 1.37. The zero-order valence-corrected chi connectivity index (χ0v) is 9.69. The third-order valence-electron chi connectivity index (χ3n) is 3.11. The third-order valence-corrected chi connectivity index (χ3v) is 3.11. The molecule has 6 nitrogen and oxygen atoms in total. The van der Waals surface area contributed by atoms with Crippen molar-refractivity contribution in [1.82, 2.24) is 20.2 Å². The minimum absolute atomic E-state index is 0.0872. The van der Waals surface area contributed by atoms with Gasteiger partial charge in [0.2, 0.25) is 0 Å². The van der Waals surface area contributed by atoms with Crippen LogP contribution in [0.3, 0.4) is 0 Å². The average molecular weight is 244 g/mol. The van der Waals surface area contributed by atoms with Crippen molar-refractivity contribution >= 4 is 5.97 Å². The molecule has 0 radical (unpaired) electrons. The molecule has 0 saturated heterocycles. The first-order valence-corrected chi connectivity index (χ1v) is 5.88. The Morgan fingerprint density at radius 2 is 2.06 bits per heavy atom. The lowest BCUT2D eigenvalue weighted by Crippen LogP contribution is -2.26. The Balaban J connectivity index is 1.69. The van der Waals surface area contributed by atoms with Gasteiger partial charge in [0.1, 0.15) is 12.1 Å². The fraction of sp³-hybridized carbons (Fsp3) is 0.333. The van der Waals surface area contributed by atoms with Gasteiger partial charge in [-0.1, -0.05) is 6.42 Å². The number of tetrazole rings is 1. The molecule has 1 heterocycles. The van der Waals surface area contributed by atoms with Gasteiger partial charge in [-0.3, -0.25) is 4.79 Å². The maximum absolute atomic E-state index is 11.6. The normalized spacial score (nSPS) is 15.1. The zero-order chi connectivity index (χ0) is 12.4. The van der Waals surface area contributed by atoms with Crippen LogP contribution in [0.15, 0.2) is 30.6 Å². The Morgan fingerprint density at radius 3 is 2.61 bits per heavy atom. The largest absolute Gasteiger partial charge is 0.426 e. The van der Waals surface area contributed by atoms with E-state index in [0.29, 0.717) is 5.75 Å². The van der Waals surface area contributed by atoms with E-state index in [1.807, 2.05) is 0 Å². The maximum atomic E-state index is 11.6. The summed E-state index contributed by atoms with van der Waals surface area (Å²) in [7, 11) is 0. The van der Waals surface area contributed by atoms with Gasteiger partial charge < -0.3 is 4.74 Å². The Labute approximate surface area is 104 Å². The van der Waals surface area contributed by atoms with Crippen molar-refractivity contribution in [1.29, 1.82) is 0 Å². The van der Waals surface area contributed by atoms with Crippen molar-refractivity contribution in [3.05, 3.63) is 30.6 Å².